The highest BCUT2D eigenvalue weighted by atomic mass is 19.3. The van der Waals surface area contributed by atoms with E-state index in [0.717, 1.165) is 10.7 Å². The molecule has 0 spiro atoms. The van der Waals surface area contributed by atoms with Crippen molar-refractivity contribution in [1.82, 2.24) is 14.7 Å². The molecule has 7 nitrogen and oxygen atoms in total. The Labute approximate surface area is 140 Å². The van der Waals surface area contributed by atoms with Gasteiger partial charge in [0.1, 0.15) is 5.69 Å². The molecule has 25 heavy (non-hydrogen) atoms. The van der Waals surface area contributed by atoms with Crippen LogP contribution in [0.1, 0.15) is 10.5 Å². The Hall–Kier alpha value is -3.23. The molecule has 0 amide bonds. The van der Waals surface area contributed by atoms with Crippen LogP contribution >= 0.6 is 0 Å². The molecular formula is C16H13F2N3O4. The van der Waals surface area contributed by atoms with Gasteiger partial charge >= 0.3 is 6.29 Å². The summed E-state index contributed by atoms with van der Waals surface area (Å²) in [5.41, 5.74) is -0.816. The van der Waals surface area contributed by atoms with Gasteiger partial charge in [0, 0.05) is 38.6 Å². The van der Waals surface area contributed by atoms with E-state index < -0.39 is 17.5 Å². The monoisotopic (exact) mass is 349 g/mol. The van der Waals surface area contributed by atoms with Gasteiger partial charge in [0.05, 0.1) is 0 Å². The van der Waals surface area contributed by atoms with Crippen molar-refractivity contribution >= 4 is 5.78 Å². The van der Waals surface area contributed by atoms with E-state index in [0.29, 0.717) is 0 Å². The summed E-state index contributed by atoms with van der Waals surface area (Å²) in [6.45, 7) is 0. The van der Waals surface area contributed by atoms with Gasteiger partial charge in [0.2, 0.25) is 11.2 Å². The molecule has 0 fully saturated rings. The predicted octanol–water partition coefficient (Wildman–Crippen LogP) is 1.81. The zero-order valence-electron chi connectivity index (χ0n) is 13.3. The van der Waals surface area contributed by atoms with E-state index in [1.54, 1.807) is 19.0 Å². The van der Waals surface area contributed by atoms with Crippen LogP contribution in [0.15, 0.2) is 47.5 Å². The number of para-hydroxylation sites is 1. The maximum atomic E-state index is 13.3. The first-order valence-corrected chi connectivity index (χ1v) is 7.15. The van der Waals surface area contributed by atoms with Gasteiger partial charge in [-0.1, -0.05) is 6.07 Å². The van der Waals surface area contributed by atoms with Gasteiger partial charge in [-0.15, -0.1) is 8.78 Å². The second-order valence-electron chi connectivity index (χ2n) is 5.39. The average Bonchev–Trinajstić information content (AvgIpc) is 2.86. The van der Waals surface area contributed by atoms with E-state index >= 15 is 0 Å². The van der Waals surface area contributed by atoms with Crippen LogP contribution < -0.4 is 14.9 Å². The lowest BCUT2D eigenvalue weighted by Gasteiger charge is -2.09. The fourth-order valence-electron chi connectivity index (χ4n) is 2.14. The molecule has 2 aromatic rings. The lowest BCUT2D eigenvalue weighted by molar-refractivity contribution is -0.286. The number of ether oxygens (including phenoxy) is 2. The zero-order chi connectivity index (χ0) is 18.2. The van der Waals surface area contributed by atoms with Crippen molar-refractivity contribution in [3.63, 3.8) is 0 Å². The van der Waals surface area contributed by atoms with Gasteiger partial charge in [-0.2, -0.15) is 5.10 Å². The Morgan fingerprint density at radius 2 is 2.04 bits per heavy atom. The van der Waals surface area contributed by atoms with E-state index in [-0.39, 0.29) is 22.9 Å². The lowest BCUT2D eigenvalue weighted by atomic mass is 10.2. The number of carbonyl (C=O) groups excluding carboxylic acids is 1. The van der Waals surface area contributed by atoms with E-state index in [9.17, 15) is 18.4 Å². The third-order valence-corrected chi connectivity index (χ3v) is 3.22. The maximum absolute atomic E-state index is 13.3. The third-order valence-electron chi connectivity index (χ3n) is 3.22. The van der Waals surface area contributed by atoms with Crippen molar-refractivity contribution in [2.75, 3.05) is 14.1 Å². The summed E-state index contributed by atoms with van der Waals surface area (Å²) in [5, 5.41) is 3.95. The van der Waals surface area contributed by atoms with Gasteiger partial charge in [0.25, 0.3) is 0 Å². The number of hydrogen-bond acceptors (Lipinski definition) is 6. The minimum absolute atomic E-state index is 0.111. The summed E-state index contributed by atoms with van der Waals surface area (Å²) in [4.78, 5) is 25.7. The minimum Gasteiger partial charge on any atom is -0.395 e. The van der Waals surface area contributed by atoms with E-state index in [4.69, 9.17) is 0 Å². The zero-order valence-corrected chi connectivity index (χ0v) is 13.3. The first kappa shape index (κ1) is 16.6. The van der Waals surface area contributed by atoms with Crippen molar-refractivity contribution in [1.29, 1.82) is 0 Å². The molecule has 1 aliphatic rings. The van der Waals surface area contributed by atoms with Gasteiger partial charge < -0.3 is 14.4 Å². The van der Waals surface area contributed by atoms with Gasteiger partial charge in [-0.25, -0.2) is 4.68 Å². The fourth-order valence-corrected chi connectivity index (χ4v) is 2.14. The number of allylic oxidation sites excluding steroid dienone is 1. The number of aromatic nitrogens is 2. The third kappa shape index (κ3) is 3.35. The summed E-state index contributed by atoms with van der Waals surface area (Å²) in [7, 11) is 3.43. The summed E-state index contributed by atoms with van der Waals surface area (Å²) in [6, 6.07) is 5.35. The Balaban J connectivity index is 2.04. The summed E-state index contributed by atoms with van der Waals surface area (Å²) in [5.74, 6) is -1.00. The lowest BCUT2D eigenvalue weighted by Crippen LogP contribution is -2.26. The number of alkyl halides is 2. The van der Waals surface area contributed by atoms with Crippen LogP contribution in [0.3, 0.4) is 0 Å². The quantitative estimate of drug-likeness (QED) is 0.619. The standard InChI is InChI=1S/C16H13F2N3O4/c1-20(2)8-6-11(22)14-12(23)7-9-21(19-14)10-4-3-5-13-15(10)25-16(17,18)24-13/h3-9H,1-2H3/b8-6+. The van der Waals surface area contributed by atoms with Gasteiger partial charge in [-0.05, 0) is 12.1 Å². The van der Waals surface area contributed by atoms with E-state index in [1.807, 2.05) is 0 Å². The SMILES string of the molecule is CN(C)/C=C/C(=O)c1nn(-c2cccc3c2OC(F)(F)O3)ccc1=O. The van der Waals surface area contributed by atoms with Crippen molar-refractivity contribution in [2.45, 2.75) is 6.29 Å². The molecule has 0 saturated carbocycles. The number of hydrogen-bond donors (Lipinski definition) is 0. The number of benzene rings is 1. The fraction of sp³-hybridized carbons (Fsp3) is 0.188. The Morgan fingerprint density at radius 1 is 1.28 bits per heavy atom. The molecule has 1 aromatic heterocycles. The molecule has 0 atom stereocenters. The molecule has 9 heteroatoms. The topological polar surface area (TPSA) is 73.7 Å². The number of rotatable bonds is 4. The summed E-state index contributed by atoms with van der Waals surface area (Å²) in [6.07, 6.45) is 0.130. The van der Waals surface area contributed by atoms with Crippen LogP contribution in [0.4, 0.5) is 8.78 Å². The number of halogens is 2. The van der Waals surface area contributed by atoms with E-state index in [2.05, 4.69) is 14.6 Å². The maximum Gasteiger partial charge on any atom is 0.586 e. The van der Waals surface area contributed by atoms with Crippen LogP contribution in [0.2, 0.25) is 0 Å². The average molecular weight is 349 g/mol. The number of fused-ring (bicyclic) bond motifs is 1. The van der Waals surface area contributed by atoms with Crippen LogP contribution in [-0.4, -0.2) is 40.9 Å². The van der Waals surface area contributed by atoms with Gasteiger partial charge in [0.15, 0.2) is 17.2 Å². The second kappa shape index (κ2) is 6.00. The van der Waals surface area contributed by atoms with Crippen LogP contribution in [-0.2, 0) is 0 Å². The van der Waals surface area contributed by atoms with Crippen molar-refractivity contribution in [3.05, 3.63) is 58.7 Å². The van der Waals surface area contributed by atoms with Crippen LogP contribution in [0.5, 0.6) is 11.5 Å². The Kier molecular flexibility index (Phi) is 3.99. The first-order chi connectivity index (χ1) is 11.8. The van der Waals surface area contributed by atoms with Crippen LogP contribution in [0, 0.1) is 0 Å². The van der Waals surface area contributed by atoms with Crippen LogP contribution in [0.25, 0.3) is 5.69 Å². The molecule has 0 bridgehead atoms. The molecule has 1 aromatic carbocycles. The molecule has 0 radical (unpaired) electrons. The molecule has 130 valence electrons. The predicted molar refractivity (Wildman–Crippen MR) is 83.2 cm³/mol. The highest BCUT2D eigenvalue weighted by Crippen LogP contribution is 2.44. The highest BCUT2D eigenvalue weighted by Gasteiger charge is 2.44. The molecular weight excluding hydrogens is 336 g/mol. The molecule has 0 saturated heterocycles. The normalized spacial score (nSPS) is 14.7. The summed E-state index contributed by atoms with van der Waals surface area (Å²) < 4.78 is 36.6. The molecule has 0 N–H and O–H groups in total. The number of carbonyl (C=O) groups is 1. The van der Waals surface area contributed by atoms with Crippen molar-refractivity contribution in [2.24, 2.45) is 0 Å². The van der Waals surface area contributed by atoms with Gasteiger partial charge in [-0.3, -0.25) is 9.59 Å². The first-order valence-electron chi connectivity index (χ1n) is 7.15. The molecule has 0 aliphatic carbocycles. The Bertz CT molecular complexity index is 922. The van der Waals surface area contributed by atoms with E-state index in [1.165, 1.54) is 36.7 Å². The number of nitrogens with zero attached hydrogens (tertiary/aromatic N) is 3. The second-order valence-corrected chi connectivity index (χ2v) is 5.39. The number of ketones is 1. The molecule has 0 unspecified atom stereocenters. The summed E-state index contributed by atoms with van der Waals surface area (Å²) >= 11 is 0. The molecule has 2 heterocycles. The molecule has 3 rings (SSSR count). The van der Waals surface area contributed by atoms with Crippen molar-refractivity contribution < 1.29 is 23.0 Å². The van der Waals surface area contributed by atoms with Crippen molar-refractivity contribution in [3.8, 4) is 17.2 Å². The minimum atomic E-state index is -3.79. The highest BCUT2D eigenvalue weighted by molar-refractivity contribution is 6.02. The Morgan fingerprint density at radius 3 is 2.76 bits per heavy atom. The largest absolute Gasteiger partial charge is 0.586 e. The smallest absolute Gasteiger partial charge is 0.395 e. The molecule has 1 aliphatic heterocycles.